The predicted molar refractivity (Wildman–Crippen MR) is 66.9 cm³/mol. The molecule has 0 spiro atoms. The van der Waals surface area contributed by atoms with Crippen molar-refractivity contribution in [1.29, 1.82) is 0 Å². The highest BCUT2D eigenvalue weighted by molar-refractivity contribution is 5.83. The topological polar surface area (TPSA) is 17.1 Å². The fraction of sp³-hybridized carbons (Fsp3) is 0.929. The number of hydrogen-bond donors (Lipinski definition) is 0. The lowest BCUT2D eigenvalue weighted by molar-refractivity contribution is -0.127. The average Bonchev–Trinajstić information content (AvgIpc) is 1.96. The van der Waals surface area contributed by atoms with Crippen LogP contribution in [0.3, 0.4) is 0 Å². The molecule has 0 saturated heterocycles. The highest BCUT2D eigenvalue weighted by atomic mass is 16.1. The van der Waals surface area contributed by atoms with Crippen molar-refractivity contribution in [3.8, 4) is 0 Å². The Morgan fingerprint density at radius 2 is 1.27 bits per heavy atom. The molecule has 0 aromatic heterocycles. The first-order valence-electron chi connectivity index (χ1n) is 5.91. The summed E-state index contributed by atoms with van der Waals surface area (Å²) in [6.07, 6.45) is 1.68. The number of rotatable bonds is 3. The molecule has 0 aliphatic heterocycles. The maximum absolute atomic E-state index is 11.8. The summed E-state index contributed by atoms with van der Waals surface area (Å²) >= 11 is 0. The fourth-order valence-corrected chi connectivity index (χ4v) is 1.18. The van der Waals surface area contributed by atoms with E-state index in [4.69, 9.17) is 0 Å². The van der Waals surface area contributed by atoms with Gasteiger partial charge in [-0.05, 0) is 17.3 Å². The van der Waals surface area contributed by atoms with Crippen LogP contribution >= 0.6 is 0 Å². The molecule has 90 valence electrons. The van der Waals surface area contributed by atoms with Crippen LogP contribution in [0.1, 0.15) is 68.2 Å². The lowest BCUT2D eigenvalue weighted by atomic mass is 9.66. The zero-order valence-electron chi connectivity index (χ0n) is 11.8. The van der Waals surface area contributed by atoms with Gasteiger partial charge in [-0.25, -0.2) is 0 Å². The molecule has 0 aliphatic carbocycles. The van der Waals surface area contributed by atoms with Crippen LogP contribution in [-0.4, -0.2) is 5.78 Å². The van der Waals surface area contributed by atoms with Crippen molar-refractivity contribution in [3.05, 3.63) is 0 Å². The highest BCUT2D eigenvalue weighted by Crippen LogP contribution is 2.42. The summed E-state index contributed by atoms with van der Waals surface area (Å²) < 4.78 is 0. The van der Waals surface area contributed by atoms with Crippen molar-refractivity contribution in [3.63, 3.8) is 0 Å². The summed E-state index contributed by atoms with van der Waals surface area (Å²) in [4.78, 5) is 11.8. The summed E-state index contributed by atoms with van der Waals surface area (Å²) in [6, 6.07) is 0. The molecule has 0 amide bonds. The third kappa shape index (κ3) is 4.36. The molecule has 0 unspecified atom stereocenters. The predicted octanol–water partition coefficient (Wildman–Crippen LogP) is 4.45. The summed E-state index contributed by atoms with van der Waals surface area (Å²) in [6.45, 7) is 17.2. The summed E-state index contributed by atoms with van der Waals surface area (Å²) in [5.74, 6) is 0.375. The summed E-state index contributed by atoms with van der Waals surface area (Å²) in [5.41, 5.74) is 0.285. The number of carbonyl (C=O) groups excluding carboxylic acids is 1. The molecule has 0 aromatic carbocycles. The average molecular weight is 212 g/mol. The second kappa shape index (κ2) is 4.27. The molecule has 0 radical (unpaired) electrons. The van der Waals surface area contributed by atoms with Crippen molar-refractivity contribution in [1.82, 2.24) is 0 Å². The van der Waals surface area contributed by atoms with Crippen LogP contribution in [0.15, 0.2) is 0 Å². The number of Topliss-reactive ketones (excluding diaryl/α,β-unsaturated/α-hetero) is 1. The molecule has 1 heteroatoms. The van der Waals surface area contributed by atoms with E-state index in [1.54, 1.807) is 0 Å². The molecule has 0 aliphatic rings. The van der Waals surface area contributed by atoms with Crippen molar-refractivity contribution >= 4 is 5.78 Å². The van der Waals surface area contributed by atoms with Crippen LogP contribution in [0.2, 0.25) is 0 Å². The molecular formula is C14H28O. The Balaban J connectivity index is 4.36. The number of ketones is 1. The van der Waals surface area contributed by atoms with E-state index in [0.29, 0.717) is 12.2 Å². The molecule has 0 bridgehead atoms. The van der Waals surface area contributed by atoms with Crippen LogP contribution in [0, 0.1) is 16.2 Å². The standard InChI is InChI=1S/C14H28O/c1-12(2,3)11(15)9-10-14(7,8)13(4,5)6/h9-10H2,1-8H3. The van der Waals surface area contributed by atoms with Crippen LogP contribution < -0.4 is 0 Å². The number of carbonyl (C=O) groups is 1. The zero-order chi connectivity index (χ0) is 12.5. The first-order chi connectivity index (χ1) is 6.38. The summed E-state index contributed by atoms with van der Waals surface area (Å²) in [7, 11) is 0. The first kappa shape index (κ1) is 14.7. The molecule has 0 atom stereocenters. The van der Waals surface area contributed by atoms with Gasteiger partial charge in [0.2, 0.25) is 0 Å². The van der Waals surface area contributed by atoms with E-state index in [0.717, 1.165) is 6.42 Å². The molecule has 0 rings (SSSR count). The Hall–Kier alpha value is -0.330. The smallest absolute Gasteiger partial charge is 0.138 e. The minimum absolute atomic E-state index is 0.187. The third-order valence-corrected chi connectivity index (χ3v) is 3.84. The zero-order valence-corrected chi connectivity index (χ0v) is 11.8. The van der Waals surface area contributed by atoms with Crippen LogP contribution in [0.4, 0.5) is 0 Å². The van der Waals surface area contributed by atoms with Crippen LogP contribution in [-0.2, 0) is 4.79 Å². The van der Waals surface area contributed by atoms with Crippen LogP contribution in [0.25, 0.3) is 0 Å². The second-order valence-corrected chi connectivity index (χ2v) is 7.31. The van der Waals surface area contributed by atoms with E-state index < -0.39 is 0 Å². The maximum Gasteiger partial charge on any atom is 0.138 e. The van der Waals surface area contributed by atoms with Gasteiger partial charge in [-0.1, -0.05) is 55.4 Å². The van der Waals surface area contributed by atoms with Gasteiger partial charge in [-0.2, -0.15) is 0 Å². The van der Waals surface area contributed by atoms with Gasteiger partial charge in [0, 0.05) is 11.8 Å². The number of hydrogen-bond acceptors (Lipinski definition) is 1. The van der Waals surface area contributed by atoms with Gasteiger partial charge in [-0.15, -0.1) is 0 Å². The largest absolute Gasteiger partial charge is 0.299 e. The van der Waals surface area contributed by atoms with Crippen molar-refractivity contribution in [2.24, 2.45) is 16.2 Å². The third-order valence-electron chi connectivity index (χ3n) is 3.84. The van der Waals surface area contributed by atoms with E-state index in [9.17, 15) is 4.79 Å². The van der Waals surface area contributed by atoms with Crippen molar-refractivity contribution in [2.45, 2.75) is 68.2 Å². The first-order valence-corrected chi connectivity index (χ1v) is 5.91. The Labute approximate surface area is 95.6 Å². The van der Waals surface area contributed by atoms with E-state index in [1.165, 1.54) is 0 Å². The van der Waals surface area contributed by atoms with E-state index in [2.05, 4.69) is 34.6 Å². The Morgan fingerprint density at radius 1 is 0.867 bits per heavy atom. The molecule has 0 aromatic rings. The fourth-order valence-electron chi connectivity index (χ4n) is 1.18. The van der Waals surface area contributed by atoms with Gasteiger partial charge in [0.05, 0.1) is 0 Å². The van der Waals surface area contributed by atoms with Gasteiger partial charge < -0.3 is 0 Å². The normalized spacial score (nSPS) is 14.1. The molecule has 0 N–H and O–H groups in total. The molecule has 0 heterocycles. The second-order valence-electron chi connectivity index (χ2n) is 7.31. The monoisotopic (exact) mass is 212 g/mol. The van der Waals surface area contributed by atoms with Gasteiger partial charge in [-0.3, -0.25) is 4.79 Å². The van der Waals surface area contributed by atoms with Crippen molar-refractivity contribution < 1.29 is 4.79 Å². The van der Waals surface area contributed by atoms with Gasteiger partial charge in [0.1, 0.15) is 5.78 Å². The maximum atomic E-state index is 11.8. The Morgan fingerprint density at radius 3 is 1.53 bits per heavy atom. The Kier molecular flexibility index (Phi) is 4.18. The summed E-state index contributed by atoms with van der Waals surface area (Å²) in [5, 5.41) is 0. The van der Waals surface area contributed by atoms with E-state index in [-0.39, 0.29) is 16.2 Å². The van der Waals surface area contributed by atoms with Gasteiger partial charge in [0.15, 0.2) is 0 Å². The molecule has 0 fully saturated rings. The quantitative estimate of drug-likeness (QED) is 0.675. The van der Waals surface area contributed by atoms with Gasteiger partial charge in [0.25, 0.3) is 0 Å². The SMILES string of the molecule is CC(C)(C)C(=O)CCC(C)(C)C(C)(C)C. The van der Waals surface area contributed by atoms with E-state index >= 15 is 0 Å². The van der Waals surface area contributed by atoms with Crippen LogP contribution in [0.5, 0.6) is 0 Å². The molecule has 1 nitrogen and oxygen atoms in total. The van der Waals surface area contributed by atoms with Gasteiger partial charge >= 0.3 is 0 Å². The molecule has 15 heavy (non-hydrogen) atoms. The molecule has 0 saturated carbocycles. The van der Waals surface area contributed by atoms with E-state index in [1.807, 2.05) is 20.8 Å². The Bertz CT molecular complexity index is 223. The van der Waals surface area contributed by atoms with Crippen molar-refractivity contribution in [2.75, 3.05) is 0 Å². The molecular weight excluding hydrogens is 184 g/mol. The highest BCUT2D eigenvalue weighted by Gasteiger charge is 2.34. The minimum atomic E-state index is -0.187. The minimum Gasteiger partial charge on any atom is -0.299 e. The lowest BCUT2D eigenvalue weighted by Crippen LogP contribution is -2.31. The lowest BCUT2D eigenvalue weighted by Gasteiger charge is -2.39.